The molecule has 0 saturated heterocycles. The molecule has 0 aromatic carbocycles. The molecule has 1 N–H and O–H groups in total. The van der Waals surface area contributed by atoms with Crippen molar-refractivity contribution < 1.29 is 5.11 Å². The molecule has 0 rings (SSSR count). The molecule has 1 unspecified atom stereocenters. The van der Waals surface area contributed by atoms with E-state index in [1.54, 1.807) is 3.59 Å². The molecule has 0 bridgehead atoms. The molecule has 0 heterocycles. The van der Waals surface area contributed by atoms with Crippen molar-refractivity contribution in [3.05, 3.63) is 10.2 Å². The first-order valence-electron chi connectivity index (χ1n) is 12.4. The van der Waals surface area contributed by atoms with E-state index < -0.39 is 18.4 Å². The van der Waals surface area contributed by atoms with Crippen LogP contribution in [0.25, 0.3) is 0 Å². The quantitative estimate of drug-likeness (QED) is 0.134. The van der Waals surface area contributed by atoms with Gasteiger partial charge in [0.1, 0.15) is 0 Å². The Morgan fingerprint density at radius 1 is 0.667 bits per heavy atom. The molecule has 1 nitrogen and oxygen atoms in total. The first-order valence-corrected chi connectivity index (χ1v) is 19.9. The van der Waals surface area contributed by atoms with Crippen molar-refractivity contribution in [3.63, 3.8) is 0 Å². The molecule has 0 aliphatic heterocycles. The number of aliphatic hydroxyl groups excluding tert-OH is 1. The van der Waals surface area contributed by atoms with Crippen LogP contribution in [0.2, 0.25) is 13.3 Å². The molecule has 0 aliphatic carbocycles. The zero-order valence-electron chi connectivity index (χ0n) is 19.5. The molecule has 0 radical (unpaired) electrons. The monoisotopic (exact) mass is 488 g/mol. The number of aliphatic hydroxyl groups is 1. The molecule has 0 aliphatic rings. The molecule has 0 fully saturated rings. The van der Waals surface area contributed by atoms with Crippen LogP contribution in [0.15, 0.2) is 10.2 Å². The van der Waals surface area contributed by atoms with Gasteiger partial charge < -0.3 is 0 Å². The van der Waals surface area contributed by atoms with Gasteiger partial charge >= 0.3 is 177 Å². The molecular weight excluding hydrogens is 435 g/mol. The molecule has 1 atom stereocenters. The Bertz CT molecular complexity index is 317. The Morgan fingerprint density at radius 2 is 1.07 bits per heavy atom. The van der Waals surface area contributed by atoms with Crippen LogP contribution in [-0.4, -0.2) is 29.6 Å². The Hall–Kier alpha value is 0.499. The minimum absolute atomic E-state index is 0.130. The Balaban J connectivity index is 4.52. The maximum atomic E-state index is 10.7. The van der Waals surface area contributed by atoms with Gasteiger partial charge in [-0.15, -0.1) is 0 Å². The molecule has 0 saturated carbocycles. The summed E-state index contributed by atoms with van der Waals surface area (Å²) in [4.78, 5) is 0. The molecule has 162 valence electrons. The van der Waals surface area contributed by atoms with Gasteiger partial charge in [-0.1, -0.05) is 0 Å². The molecular formula is C25H52OSn. The predicted octanol–water partition coefficient (Wildman–Crippen LogP) is 8.82. The number of hydrogen-bond acceptors (Lipinski definition) is 1. The fraction of sp³-hybridized carbons (Fsp3) is 0.920. The predicted molar refractivity (Wildman–Crippen MR) is 127 cm³/mol. The topological polar surface area (TPSA) is 20.2 Å². The van der Waals surface area contributed by atoms with Crippen molar-refractivity contribution >= 4 is 18.4 Å². The Labute approximate surface area is 176 Å². The standard InChI is InChI=1S/C13H25O.3C4H9.Sn/c1-3-5-6-7-8-9-10-12-13(14)11-4-2;3*1-3-4-2;/h13-14H,2-3,5-12H2,1H3;3*1,3-4H2,2H3;. The van der Waals surface area contributed by atoms with Crippen LogP contribution in [-0.2, 0) is 0 Å². The van der Waals surface area contributed by atoms with Gasteiger partial charge in [-0.25, -0.2) is 0 Å². The SMILES string of the molecule is C=[C](CC(O)CCCCCCCCC)[Sn]([CH2]CCC)([CH2]CCC)[CH2]CCC. The van der Waals surface area contributed by atoms with Crippen LogP contribution < -0.4 is 0 Å². The first kappa shape index (κ1) is 27.5. The van der Waals surface area contributed by atoms with Crippen molar-refractivity contribution in [2.75, 3.05) is 0 Å². The molecule has 0 aromatic heterocycles. The van der Waals surface area contributed by atoms with E-state index in [2.05, 4.69) is 34.3 Å². The minimum atomic E-state index is -2.33. The van der Waals surface area contributed by atoms with E-state index >= 15 is 0 Å². The second-order valence-electron chi connectivity index (χ2n) is 8.96. The van der Waals surface area contributed by atoms with E-state index in [1.807, 2.05) is 0 Å². The summed E-state index contributed by atoms with van der Waals surface area (Å²) in [6, 6.07) is 0. The van der Waals surface area contributed by atoms with E-state index in [-0.39, 0.29) is 6.10 Å². The van der Waals surface area contributed by atoms with E-state index in [0.29, 0.717) is 0 Å². The van der Waals surface area contributed by atoms with Crippen molar-refractivity contribution in [3.8, 4) is 0 Å². The van der Waals surface area contributed by atoms with Crippen LogP contribution in [0.4, 0.5) is 0 Å². The van der Waals surface area contributed by atoms with Gasteiger partial charge in [-0.3, -0.25) is 0 Å². The zero-order chi connectivity index (χ0) is 20.4. The summed E-state index contributed by atoms with van der Waals surface area (Å²) >= 11 is -2.33. The zero-order valence-corrected chi connectivity index (χ0v) is 22.3. The van der Waals surface area contributed by atoms with Gasteiger partial charge in [-0.2, -0.15) is 0 Å². The third-order valence-electron chi connectivity index (χ3n) is 6.40. The third-order valence-corrected chi connectivity index (χ3v) is 22.5. The molecule has 0 amide bonds. The third kappa shape index (κ3) is 13.4. The van der Waals surface area contributed by atoms with Crippen LogP contribution in [0.5, 0.6) is 0 Å². The fourth-order valence-electron chi connectivity index (χ4n) is 4.39. The number of hydrogen-bond donors (Lipinski definition) is 1. The van der Waals surface area contributed by atoms with Gasteiger partial charge in [0, 0.05) is 0 Å². The normalized spacial score (nSPS) is 13.1. The second-order valence-corrected chi connectivity index (χ2v) is 22.6. The maximum absolute atomic E-state index is 10.7. The summed E-state index contributed by atoms with van der Waals surface area (Å²) in [5, 5.41) is 10.7. The average Bonchev–Trinajstić information content (AvgIpc) is 2.67. The average molecular weight is 487 g/mol. The van der Waals surface area contributed by atoms with Gasteiger partial charge in [0.15, 0.2) is 0 Å². The summed E-state index contributed by atoms with van der Waals surface area (Å²) in [5.74, 6) is 0. The van der Waals surface area contributed by atoms with Crippen molar-refractivity contribution in [1.29, 1.82) is 0 Å². The van der Waals surface area contributed by atoms with Gasteiger partial charge in [-0.05, 0) is 0 Å². The number of unbranched alkanes of at least 4 members (excludes halogenated alkanes) is 9. The molecule has 0 spiro atoms. The van der Waals surface area contributed by atoms with Crippen molar-refractivity contribution in [2.24, 2.45) is 0 Å². The Morgan fingerprint density at radius 3 is 1.52 bits per heavy atom. The first-order chi connectivity index (χ1) is 13.1. The van der Waals surface area contributed by atoms with Crippen LogP contribution in [0.1, 0.15) is 124 Å². The summed E-state index contributed by atoms with van der Waals surface area (Å²) < 4.78 is 6.01. The van der Waals surface area contributed by atoms with E-state index in [4.69, 9.17) is 0 Å². The summed E-state index contributed by atoms with van der Waals surface area (Å²) in [7, 11) is 0. The molecule has 27 heavy (non-hydrogen) atoms. The van der Waals surface area contributed by atoms with E-state index in [1.165, 1.54) is 96.8 Å². The van der Waals surface area contributed by atoms with E-state index in [9.17, 15) is 5.11 Å². The van der Waals surface area contributed by atoms with Crippen LogP contribution >= 0.6 is 0 Å². The molecule has 2 heteroatoms. The fourth-order valence-corrected chi connectivity index (χ4v) is 20.3. The second kappa shape index (κ2) is 18.5. The van der Waals surface area contributed by atoms with Crippen molar-refractivity contribution in [2.45, 2.75) is 143 Å². The van der Waals surface area contributed by atoms with Crippen LogP contribution in [0.3, 0.4) is 0 Å². The van der Waals surface area contributed by atoms with Gasteiger partial charge in [0.05, 0.1) is 0 Å². The van der Waals surface area contributed by atoms with Crippen LogP contribution in [0, 0.1) is 0 Å². The van der Waals surface area contributed by atoms with Gasteiger partial charge in [0.25, 0.3) is 0 Å². The van der Waals surface area contributed by atoms with Crippen molar-refractivity contribution in [1.82, 2.24) is 0 Å². The Kier molecular flexibility index (Phi) is 18.9. The van der Waals surface area contributed by atoms with E-state index in [0.717, 1.165) is 12.8 Å². The number of rotatable bonds is 20. The summed E-state index contributed by atoms with van der Waals surface area (Å²) in [6.07, 6.45) is 19.2. The van der Waals surface area contributed by atoms with Gasteiger partial charge in [0.2, 0.25) is 0 Å². The summed E-state index contributed by atoms with van der Waals surface area (Å²) in [6.45, 7) is 13.9. The summed E-state index contributed by atoms with van der Waals surface area (Å²) in [5.41, 5.74) is 0. The molecule has 0 aromatic rings.